The number of rotatable bonds is 2. The molecule has 1 aliphatic heterocycles. The van der Waals surface area contributed by atoms with Crippen molar-refractivity contribution in [2.45, 2.75) is 38.8 Å². The fourth-order valence-electron chi connectivity index (χ4n) is 1.60. The maximum absolute atomic E-state index is 11.3. The van der Waals surface area contributed by atoms with Crippen LogP contribution in [0.15, 0.2) is 0 Å². The van der Waals surface area contributed by atoms with Crippen LogP contribution < -0.4 is 5.32 Å². The summed E-state index contributed by atoms with van der Waals surface area (Å²) >= 11 is 0. The van der Waals surface area contributed by atoms with Crippen LogP contribution in [-0.2, 0) is 14.6 Å². The van der Waals surface area contributed by atoms with Gasteiger partial charge in [0.25, 0.3) is 0 Å². The molecule has 15 heavy (non-hydrogen) atoms. The summed E-state index contributed by atoms with van der Waals surface area (Å²) < 4.78 is 27.4. The minimum absolute atomic E-state index is 0.00675. The fourth-order valence-corrected chi connectivity index (χ4v) is 3.69. The Hall–Kier alpha value is -0.780. The van der Waals surface area contributed by atoms with Crippen LogP contribution in [0.2, 0.25) is 0 Å². The van der Waals surface area contributed by atoms with Crippen molar-refractivity contribution in [1.29, 1.82) is 0 Å². The zero-order valence-corrected chi connectivity index (χ0v) is 10.1. The topological polar surface area (TPSA) is 72.5 Å². The van der Waals surface area contributed by atoms with Gasteiger partial charge in [0.15, 0.2) is 9.84 Å². The van der Waals surface area contributed by atoms with Gasteiger partial charge in [-0.15, -0.1) is 0 Å². The van der Waals surface area contributed by atoms with E-state index in [0.717, 1.165) is 0 Å². The third kappa shape index (κ3) is 3.70. The molecule has 0 radical (unpaired) electrons. The maximum Gasteiger partial charge on any atom is 0.407 e. The number of nitrogens with one attached hydrogen (secondary N) is 1. The van der Waals surface area contributed by atoms with Crippen molar-refractivity contribution in [3.05, 3.63) is 0 Å². The molecule has 1 fully saturated rings. The van der Waals surface area contributed by atoms with Gasteiger partial charge in [-0.25, -0.2) is 13.2 Å². The predicted octanol–water partition coefficient (Wildman–Crippen LogP) is 0.698. The molecule has 0 unspecified atom stereocenters. The number of amides is 1. The van der Waals surface area contributed by atoms with Crippen molar-refractivity contribution < 1.29 is 17.9 Å². The zero-order valence-electron chi connectivity index (χ0n) is 9.24. The lowest BCUT2D eigenvalue weighted by atomic mass is 10.0. The van der Waals surface area contributed by atoms with Crippen LogP contribution in [-0.4, -0.2) is 37.7 Å². The molecule has 1 heterocycles. The second-order valence-electron chi connectivity index (χ2n) is 4.48. The first-order chi connectivity index (χ1) is 6.72. The van der Waals surface area contributed by atoms with E-state index < -0.39 is 21.5 Å². The molecular formula is C9H17NO4S. The molecule has 0 aromatic carbocycles. The first-order valence-corrected chi connectivity index (χ1v) is 6.74. The minimum Gasteiger partial charge on any atom is -0.447 e. The van der Waals surface area contributed by atoms with Gasteiger partial charge in [-0.3, -0.25) is 0 Å². The average molecular weight is 235 g/mol. The number of hydrogen-bond acceptors (Lipinski definition) is 4. The van der Waals surface area contributed by atoms with Gasteiger partial charge in [0.2, 0.25) is 0 Å². The molecule has 0 saturated carbocycles. The van der Waals surface area contributed by atoms with Gasteiger partial charge in [-0.05, 0) is 27.2 Å². The van der Waals surface area contributed by atoms with Crippen molar-refractivity contribution in [1.82, 2.24) is 5.32 Å². The van der Waals surface area contributed by atoms with Gasteiger partial charge >= 0.3 is 6.09 Å². The molecule has 1 atom stereocenters. The third-order valence-electron chi connectivity index (χ3n) is 2.25. The van der Waals surface area contributed by atoms with Gasteiger partial charge in [0, 0.05) is 0 Å². The third-order valence-corrected chi connectivity index (χ3v) is 4.15. The number of ether oxygens (including phenoxy) is 1. The Morgan fingerprint density at radius 3 is 2.47 bits per heavy atom. The Morgan fingerprint density at radius 2 is 2.07 bits per heavy atom. The lowest BCUT2D eigenvalue weighted by molar-refractivity contribution is 0.107. The monoisotopic (exact) mass is 235 g/mol. The Bertz CT molecular complexity index is 349. The summed E-state index contributed by atoms with van der Waals surface area (Å²) in [6.45, 7) is 5.21. The lowest BCUT2D eigenvalue weighted by Crippen LogP contribution is -2.47. The molecule has 0 bridgehead atoms. The molecule has 1 rings (SSSR count). The Balaban J connectivity index is 2.55. The van der Waals surface area contributed by atoms with E-state index in [1.54, 1.807) is 20.8 Å². The molecular weight excluding hydrogens is 218 g/mol. The summed E-state index contributed by atoms with van der Waals surface area (Å²) in [5.41, 5.74) is -0.676. The Labute approximate surface area is 90.1 Å². The molecule has 1 N–H and O–H groups in total. The van der Waals surface area contributed by atoms with Crippen LogP contribution in [0, 0.1) is 0 Å². The summed E-state index contributed by atoms with van der Waals surface area (Å²) in [6, 6.07) is 0. The highest BCUT2D eigenvalue weighted by Gasteiger charge is 2.39. The Morgan fingerprint density at radius 1 is 1.47 bits per heavy atom. The first-order valence-electron chi connectivity index (χ1n) is 4.92. The van der Waals surface area contributed by atoms with Crippen molar-refractivity contribution in [3.8, 4) is 0 Å². The molecule has 0 aromatic heterocycles. The Kier molecular flexibility index (Phi) is 3.28. The molecule has 1 amide bonds. The van der Waals surface area contributed by atoms with Crippen LogP contribution in [0.3, 0.4) is 0 Å². The zero-order chi connectivity index (χ0) is 11.7. The van der Waals surface area contributed by atoms with Crippen LogP contribution in [0.25, 0.3) is 0 Å². The maximum atomic E-state index is 11.3. The van der Waals surface area contributed by atoms with Crippen LogP contribution in [0.4, 0.5) is 4.79 Å². The van der Waals surface area contributed by atoms with Crippen LogP contribution in [0.1, 0.15) is 27.2 Å². The quantitative estimate of drug-likeness (QED) is 0.764. The van der Waals surface area contributed by atoms with Gasteiger partial charge in [0.1, 0.15) is 0 Å². The summed E-state index contributed by atoms with van der Waals surface area (Å²) in [5, 5.41) is 2.60. The number of alkyl carbamates (subject to hydrolysis) is 1. The van der Waals surface area contributed by atoms with Crippen LogP contribution >= 0.6 is 0 Å². The molecule has 1 saturated heterocycles. The lowest BCUT2D eigenvalue weighted by Gasteiger charge is -2.23. The molecule has 6 heteroatoms. The average Bonchev–Trinajstić information content (AvgIpc) is 2.22. The van der Waals surface area contributed by atoms with Crippen LogP contribution in [0.5, 0.6) is 0 Å². The highest BCUT2D eigenvalue weighted by atomic mass is 32.2. The summed E-state index contributed by atoms with van der Waals surface area (Å²) in [6.07, 6.45) is -0.307. The number of hydrogen-bond donors (Lipinski definition) is 1. The number of sulfone groups is 1. The second kappa shape index (κ2) is 4.00. The summed E-state index contributed by atoms with van der Waals surface area (Å²) in [4.78, 5) is 11.3. The molecule has 88 valence electrons. The van der Waals surface area contributed by atoms with E-state index in [4.69, 9.17) is 4.74 Å². The number of carbonyl (C=O) groups excluding carboxylic acids is 1. The van der Waals surface area contributed by atoms with E-state index in [1.807, 2.05) is 0 Å². The number of carbonyl (C=O) groups is 1. The molecule has 0 aliphatic carbocycles. The van der Waals surface area contributed by atoms with E-state index in [9.17, 15) is 13.2 Å². The smallest absolute Gasteiger partial charge is 0.407 e. The van der Waals surface area contributed by atoms with Gasteiger partial charge in [-0.2, -0.15) is 0 Å². The van der Waals surface area contributed by atoms with E-state index in [-0.39, 0.29) is 17.6 Å². The normalized spacial score (nSPS) is 29.1. The van der Waals surface area contributed by atoms with E-state index in [0.29, 0.717) is 6.42 Å². The largest absolute Gasteiger partial charge is 0.447 e. The van der Waals surface area contributed by atoms with E-state index in [2.05, 4.69) is 5.32 Å². The molecule has 1 aliphatic rings. The van der Waals surface area contributed by atoms with E-state index in [1.165, 1.54) is 0 Å². The predicted molar refractivity (Wildman–Crippen MR) is 56.4 cm³/mol. The second-order valence-corrected chi connectivity index (χ2v) is 6.67. The SMILES string of the molecule is CC(C)OC(=O)N[C@@]1(C)CCS(=O)(=O)C1. The molecule has 0 aromatic rings. The van der Waals surface area contributed by atoms with E-state index >= 15 is 0 Å². The highest BCUT2D eigenvalue weighted by molar-refractivity contribution is 7.91. The van der Waals surface area contributed by atoms with Crippen molar-refractivity contribution in [2.75, 3.05) is 11.5 Å². The highest BCUT2D eigenvalue weighted by Crippen LogP contribution is 2.22. The standard InChI is InChI=1S/C9H17NO4S/c1-7(2)14-8(11)10-9(3)4-5-15(12,13)6-9/h7H,4-6H2,1-3H3,(H,10,11)/t9-/m0/s1. The minimum atomic E-state index is -3.00. The first kappa shape index (κ1) is 12.3. The van der Waals surface area contributed by atoms with Gasteiger partial charge in [0.05, 0.1) is 23.1 Å². The summed E-state index contributed by atoms with van der Waals surface area (Å²) in [5.74, 6) is 0.124. The van der Waals surface area contributed by atoms with Gasteiger partial charge < -0.3 is 10.1 Å². The molecule has 0 spiro atoms. The van der Waals surface area contributed by atoms with Gasteiger partial charge in [-0.1, -0.05) is 0 Å². The van der Waals surface area contributed by atoms with Crippen molar-refractivity contribution >= 4 is 15.9 Å². The van der Waals surface area contributed by atoms with Crippen molar-refractivity contribution in [2.24, 2.45) is 0 Å². The summed E-state index contributed by atoms with van der Waals surface area (Å²) in [7, 11) is -3.00. The molecule has 5 nitrogen and oxygen atoms in total. The fraction of sp³-hybridized carbons (Fsp3) is 0.889. The van der Waals surface area contributed by atoms with Crippen molar-refractivity contribution in [3.63, 3.8) is 0 Å².